The third kappa shape index (κ3) is 1.97. The largest absolute Gasteiger partial charge is 0.497 e. The predicted molar refractivity (Wildman–Crippen MR) is 74.2 cm³/mol. The molecule has 1 fully saturated rings. The summed E-state index contributed by atoms with van der Waals surface area (Å²) in [5.74, 6) is 1.10. The van der Waals surface area contributed by atoms with E-state index in [1.54, 1.807) is 7.11 Å². The molecule has 0 radical (unpaired) electrons. The van der Waals surface area contributed by atoms with E-state index in [4.69, 9.17) is 4.74 Å². The number of hydrogen-bond acceptors (Lipinski definition) is 2. The first kappa shape index (κ1) is 12.1. The molecule has 1 saturated heterocycles. The first-order chi connectivity index (χ1) is 9.20. The van der Waals surface area contributed by atoms with Crippen molar-refractivity contribution in [2.75, 3.05) is 13.7 Å². The highest BCUT2D eigenvalue weighted by molar-refractivity contribution is 5.86. The molecular formula is C15H18N2O2. The molecule has 1 N–H and O–H groups in total. The number of nitrogens with one attached hydrogen (secondary N) is 1. The molecule has 100 valence electrons. The van der Waals surface area contributed by atoms with E-state index in [1.165, 1.54) is 0 Å². The smallest absolute Gasteiger partial charge is 0.223 e. The van der Waals surface area contributed by atoms with Gasteiger partial charge in [0.25, 0.3) is 0 Å². The highest BCUT2D eigenvalue weighted by atomic mass is 16.5. The Labute approximate surface area is 112 Å². The zero-order valence-electron chi connectivity index (χ0n) is 11.3. The highest BCUT2D eigenvalue weighted by Gasteiger charge is 2.27. The van der Waals surface area contributed by atoms with E-state index >= 15 is 0 Å². The van der Waals surface area contributed by atoms with E-state index in [-0.39, 0.29) is 11.9 Å². The van der Waals surface area contributed by atoms with Crippen molar-refractivity contribution >= 4 is 16.8 Å². The van der Waals surface area contributed by atoms with Crippen molar-refractivity contribution in [3.63, 3.8) is 0 Å². The van der Waals surface area contributed by atoms with E-state index in [0.29, 0.717) is 6.42 Å². The van der Waals surface area contributed by atoms with Crippen molar-refractivity contribution in [3.05, 3.63) is 30.0 Å². The van der Waals surface area contributed by atoms with Crippen LogP contribution in [0.5, 0.6) is 5.75 Å². The SMILES string of the molecule is COc1ccc2[nH]cc(C(C)N3CCCC3=O)c2c1. The molecule has 1 aromatic heterocycles. The van der Waals surface area contributed by atoms with Crippen molar-refractivity contribution in [2.24, 2.45) is 0 Å². The lowest BCUT2D eigenvalue weighted by Crippen LogP contribution is -2.27. The fraction of sp³-hybridized carbons (Fsp3) is 0.400. The van der Waals surface area contributed by atoms with Crippen LogP contribution in [-0.4, -0.2) is 29.4 Å². The minimum atomic E-state index is 0.107. The summed E-state index contributed by atoms with van der Waals surface area (Å²) in [6, 6.07) is 6.08. The molecule has 4 heteroatoms. The number of carbonyl (C=O) groups is 1. The van der Waals surface area contributed by atoms with Gasteiger partial charge in [-0.15, -0.1) is 0 Å². The first-order valence-corrected chi connectivity index (χ1v) is 6.65. The number of methoxy groups -OCH3 is 1. The van der Waals surface area contributed by atoms with Crippen LogP contribution in [0.25, 0.3) is 10.9 Å². The average Bonchev–Trinajstić information content (AvgIpc) is 3.03. The number of aromatic nitrogens is 1. The minimum absolute atomic E-state index is 0.107. The molecule has 0 bridgehead atoms. The number of aromatic amines is 1. The van der Waals surface area contributed by atoms with Crippen molar-refractivity contribution in [1.29, 1.82) is 0 Å². The van der Waals surface area contributed by atoms with Gasteiger partial charge in [-0.05, 0) is 37.1 Å². The fourth-order valence-electron chi connectivity index (χ4n) is 2.84. The molecule has 2 heterocycles. The Kier molecular flexibility index (Phi) is 2.93. The third-order valence-corrected chi connectivity index (χ3v) is 3.95. The quantitative estimate of drug-likeness (QED) is 0.920. The molecular weight excluding hydrogens is 240 g/mol. The highest BCUT2D eigenvalue weighted by Crippen LogP contribution is 2.32. The third-order valence-electron chi connectivity index (χ3n) is 3.95. The van der Waals surface area contributed by atoms with Crippen LogP contribution in [0.1, 0.15) is 31.4 Å². The molecule has 2 aromatic rings. The van der Waals surface area contributed by atoms with Crippen molar-refractivity contribution in [3.8, 4) is 5.75 Å². The predicted octanol–water partition coefficient (Wildman–Crippen LogP) is 2.86. The van der Waals surface area contributed by atoms with E-state index in [2.05, 4.69) is 11.9 Å². The van der Waals surface area contributed by atoms with Crippen LogP contribution in [0.15, 0.2) is 24.4 Å². The zero-order chi connectivity index (χ0) is 13.4. The average molecular weight is 258 g/mol. The molecule has 1 aliphatic rings. The molecule has 0 saturated carbocycles. The summed E-state index contributed by atoms with van der Waals surface area (Å²) < 4.78 is 5.28. The van der Waals surface area contributed by atoms with Crippen LogP contribution in [0.4, 0.5) is 0 Å². The van der Waals surface area contributed by atoms with Crippen LogP contribution in [0.3, 0.4) is 0 Å². The van der Waals surface area contributed by atoms with Gasteiger partial charge in [-0.2, -0.15) is 0 Å². The first-order valence-electron chi connectivity index (χ1n) is 6.65. The summed E-state index contributed by atoms with van der Waals surface area (Å²) in [7, 11) is 1.67. The van der Waals surface area contributed by atoms with Gasteiger partial charge in [0.2, 0.25) is 5.91 Å². The fourth-order valence-corrected chi connectivity index (χ4v) is 2.84. The molecule has 4 nitrogen and oxygen atoms in total. The molecule has 1 atom stereocenters. The van der Waals surface area contributed by atoms with Crippen LogP contribution in [0.2, 0.25) is 0 Å². The Bertz CT molecular complexity index is 618. The van der Waals surface area contributed by atoms with E-state index in [0.717, 1.165) is 35.2 Å². The topological polar surface area (TPSA) is 45.3 Å². The molecule has 1 unspecified atom stereocenters. The van der Waals surface area contributed by atoms with Crippen molar-refractivity contribution in [2.45, 2.75) is 25.8 Å². The van der Waals surface area contributed by atoms with Gasteiger partial charge >= 0.3 is 0 Å². The monoisotopic (exact) mass is 258 g/mol. The molecule has 1 aromatic carbocycles. The van der Waals surface area contributed by atoms with Gasteiger partial charge in [0.05, 0.1) is 13.2 Å². The number of likely N-dealkylation sites (tertiary alicyclic amines) is 1. The summed E-state index contributed by atoms with van der Waals surface area (Å²) in [5.41, 5.74) is 2.23. The van der Waals surface area contributed by atoms with Gasteiger partial charge in [-0.25, -0.2) is 0 Å². The second-order valence-electron chi connectivity index (χ2n) is 5.02. The van der Waals surface area contributed by atoms with Gasteiger partial charge in [0.1, 0.15) is 5.75 Å². The maximum absolute atomic E-state index is 11.9. The maximum Gasteiger partial charge on any atom is 0.223 e. The second kappa shape index (κ2) is 4.61. The lowest BCUT2D eigenvalue weighted by atomic mass is 10.1. The molecule has 3 rings (SSSR count). The Morgan fingerprint density at radius 2 is 2.26 bits per heavy atom. The summed E-state index contributed by atoms with van der Waals surface area (Å²) in [4.78, 5) is 17.1. The lowest BCUT2D eigenvalue weighted by molar-refractivity contribution is -0.129. The summed E-state index contributed by atoms with van der Waals surface area (Å²) in [6.07, 6.45) is 3.64. The van der Waals surface area contributed by atoms with Crippen LogP contribution in [0, 0.1) is 0 Å². The number of benzene rings is 1. The number of nitrogens with zero attached hydrogens (tertiary/aromatic N) is 1. The van der Waals surface area contributed by atoms with E-state index in [1.807, 2.05) is 29.3 Å². The summed E-state index contributed by atoms with van der Waals surface area (Å²) in [6.45, 7) is 2.95. The Hall–Kier alpha value is -1.97. The number of H-pyrrole nitrogens is 1. The Balaban J connectivity index is 2.01. The molecule has 1 aliphatic heterocycles. The van der Waals surface area contributed by atoms with Crippen LogP contribution < -0.4 is 4.74 Å². The molecule has 19 heavy (non-hydrogen) atoms. The molecule has 0 aliphatic carbocycles. The number of amides is 1. The van der Waals surface area contributed by atoms with Crippen molar-refractivity contribution in [1.82, 2.24) is 9.88 Å². The standard InChI is InChI=1S/C15H18N2O2/c1-10(17-7-3-4-15(17)18)13-9-16-14-6-5-11(19-2)8-12(13)14/h5-6,8-10,16H,3-4,7H2,1-2H3. The maximum atomic E-state index is 11.9. The Morgan fingerprint density at radius 1 is 1.42 bits per heavy atom. The number of ether oxygens (including phenoxy) is 1. The van der Waals surface area contributed by atoms with Crippen LogP contribution >= 0.6 is 0 Å². The van der Waals surface area contributed by atoms with Gasteiger partial charge < -0.3 is 14.6 Å². The molecule has 0 spiro atoms. The van der Waals surface area contributed by atoms with Gasteiger partial charge in [0.15, 0.2) is 0 Å². The Morgan fingerprint density at radius 3 is 2.95 bits per heavy atom. The normalized spacial score (nSPS) is 17.2. The second-order valence-corrected chi connectivity index (χ2v) is 5.02. The van der Waals surface area contributed by atoms with Gasteiger partial charge in [-0.1, -0.05) is 0 Å². The number of hydrogen-bond donors (Lipinski definition) is 1. The van der Waals surface area contributed by atoms with Gasteiger partial charge in [0, 0.05) is 30.1 Å². The molecule has 1 amide bonds. The van der Waals surface area contributed by atoms with E-state index < -0.39 is 0 Å². The summed E-state index contributed by atoms with van der Waals surface area (Å²) in [5, 5.41) is 1.13. The van der Waals surface area contributed by atoms with Crippen molar-refractivity contribution < 1.29 is 9.53 Å². The van der Waals surface area contributed by atoms with Gasteiger partial charge in [-0.3, -0.25) is 4.79 Å². The number of carbonyl (C=O) groups excluding carboxylic acids is 1. The minimum Gasteiger partial charge on any atom is -0.497 e. The van der Waals surface area contributed by atoms with E-state index in [9.17, 15) is 4.79 Å². The lowest BCUT2D eigenvalue weighted by Gasteiger charge is -2.24. The zero-order valence-corrected chi connectivity index (χ0v) is 11.3. The number of rotatable bonds is 3. The number of fused-ring (bicyclic) bond motifs is 1. The summed E-state index contributed by atoms with van der Waals surface area (Å²) >= 11 is 0. The van der Waals surface area contributed by atoms with Crippen LogP contribution in [-0.2, 0) is 4.79 Å².